The van der Waals surface area contributed by atoms with Gasteiger partial charge in [-0.25, -0.2) is 4.79 Å². The van der Waals surface area contributed by atoms with Gasteiger partial charge in [0.1, 0.15) is 6.10 Å². The standard InChI is InChI=1S/C11H19ClO2/c1-7(2)9-5-4-8(3)6-10(9)14-11(12)13/h7-10H,4-6H2,1-3H3/t8-,9+,10-/m0/s1. The molecule has 0 heterocycles. The van der Waals surface area contributed by atoms with E-state index >= 15 is 0 Å². The second-order valence-corrected chi connectivity index (χ2v) is 5.03. The van der Waals surface area contributed by atoms with Crippen LogP contribution >= 0.6 is 11.6 Å². The maximum absolute atomic E-state index is 10.7. The van der Waals surface area contributed by atoms with Crippen LogP contribution in [0, 0.1) is 17.8 Å². The monoisotopic (exact) mass is 218 g/mol. The number of halogens is 1. The lowest BCUT2D eigenvalue weighted by Gasteiger charge is -2.36. The van der Waals surface area contributed by atoms with Gasteiger partial charge in [-0.1, -0.05) is 27.2 Å². The van der Waals surface area contributed by atoms with Gasteiger partial charge in [0, 0.05) is 11.6 Å². The van der Waals surface area contributed by atoms with Crippen molar-refractivity contribution in [1.82, 2.24) is 0 Å². The summed E-state index contributed by atoms with van der Waals surface area (Å²) in [6.07, 6.45) is 3.37. The summed E-state index contributed by atoms with van der Waals surface area (Å²) in [5.74, 6) is 1.68. The fourth-order valence-electron chi connectivity index (χ4n) is 2.37. The Morgan fingerprint density at radius 1 is 1.43 bits per heavy atom. The zero-order valence-electron chi connectivity index (χ0n) is 9.13. The summed E-state index contributed by atoms with van der Waals surface area (Å²) in [6.45, 7) is 6.55. The van der Waals surface area contributed by atoms with Gasteiger partial charge in [0.15, 0.2) is 0 Å². The van der Waals surface area contributed by atoms with Gasteiger partial charge >= 0.3 is 5.43 Å². The molecule has 1 aliphatic rings. The van der Waals surface area contributed by atoms with Crippen molar-refractivity contribution in [3.63, 3.8) is 0 Å². The SMILES string of the molecule is CC(C)[C@H]1CC[C@H](C)C[C@@H]1OC(=O)Cl. The van der Waals surface area contributed by atoms with Crippen LogP contribution in [-0.4, -0.2) is 11.5 Å². The second-order valence-electron chi connectivity index (χ2n) is 4.72. The average molecular weight is 219 g/mol. The third-order valence-electron chi connectivity index (χ3n) is 3.21. The lowest BCUT2D eigenvalue weighted by molar-refractivity contribution is 0.0179. The first kappa shape index (κ1) is 11.8. The van der Waals surface area contributed by atoms with Crippen LogP contribution in [0.5, 0.6) is 0 Å². The molecule has 0 spiro atoms. The Morgan fingerprint density at radius 2 is 2.07 bits per heavy atom. The molecule has 2 nitrogen and oxygen atoms in total. The van der Waals surface area contributed by atoms with Crippen molar-refractivity contribution in [2.75, 3.05) is 0 Å². The van der Waals surface area contributed by atoms with E-state index in [2.05, 4.69) is 20.8 Å². The van der Waals surface area contributed by atoms with Crippen molar-refractivity contribution in [3.8, 4) is 0 Å². The zero-order chi connectivity index (χ0) is 10.7. The van der Waals surface area contributed by atoms with E-state index in [1.54, 1.807) is 0 Å². The van der Waals surface area contributed by atoms with Crippen LogP contribution in [0.15, 0.2) is 0 Å². The van der Waals surface area contributed by atoms with E-state index in [-0.39, 0.29) is 6.10 Å². The van der Waals surface area contributed by atoms with Crippen molar-refractivity contribution in [2.45, 2.75) is 46.1 Å². The molecule has 0 unspecified atom stereocenters. The summed E-state index contributed by atoms with van der Waals surface area (Å²) in [6, 6.07) is 0. The molecule has 1 rings (SSSR count). The van der Waals surface area contributed by atoms with Gasteiger partial charge < -0.3 is 4.74 Å². The van der Waals surface area contributed by atoms with Crippen molar-refractivity contribution < 1.29 is 9.53 Å². The Labute approximate surface area is 91.0 Å². The molecule has 0 aliphatic heterocycles. The Balaban J connectivity index is 2.58. The van der Waals surface area contributed by atoms with E-state index in [0.29, 0.717) is 17.8 Å². The minimum absolute atomic E-state index is 0.0312. The highest BCUT2D eigenvalue weighted by molar-refractivity contribution is 6.61. The first-order chi connectivity index (χ1) is 6.50. The van der Waals surface area contributed by atoms with E-state index < -0.39 is 5.43 Å². The van der Waals surface area contributed by atoms with Gasteiger partial charge in [0.25, 0.3) is 0 Å². The number of carbonyl (C=O) groups is 1. The molecule has 0 aromatic heterocycles. The largest absolute Gasteiger partial charge is 0.450 e. The normalized spacial score (nSPS) is 33.1. The van der Waals surface area contributed by atoms with Crippen LogP contribution in [0.1, 0.15) is 40.0 Å². The van der Waals surface area contributed by atoms with Crippen LogP contribution in [0.25, 0.3) is 0 Å². The molecule has 0 aromatic rings. The van der Waals surface area contributed by atoms with Gasteiger partial charge in [-0.05, 0) is 30.6 Å². The average Bonchev–Trinajstić information content (AvgIpc) is 2.01. The van der Waals surface area contributed by atoms with E-state index in [9.17, 15) is 4.79 Å². The van der Waals surface area contributed by atoms with Gasteiger partial charge in [0.2, 0.25) is 0 Å². The Kier molecular flexibility index (Phi) is 4.24. The summed E-state index contributed by atoms with van der Waals surface area (Å²) in [5.41, 5.74) is -0.658. The van der Waals surface area contributed by atoms with Crippen LogP contribution in [0.4, 0.5) is 4.79 Å². The summed E-state index contributed by atoms with van der Waals surface area (Å²) in [7, 11) is 0. The highest BCUT2D eigenvalue weighted by Crippen LogP contribution is 2.35. The lowest BCUT2D eigenvalue weighted by atomic mass is 9.75. The van der Waals surface area contributed by atoms with Crippen molar-refractivity contribution >= 4 is 17.0 Å². The van der Waals surface area contributed by atoms with Crippen LogP contribution in [0.2, 0.25) is 0 Å². The highest BCUT2D eigenvalue weighted by atomic mass is 35.5. The molecular formula is C11H19ClO2. The molecule has 0 N–H and O–H groups in total. The van der Waals surface area contributed by atoms with Gasteiger partial charge in [-0.2, -0.15) is 0 Å². The highest BCUT2D eigenvalue weighted by Gasteiger charge is 2.32. The molecule has 1 fully saturated rings. The van der Waals surface area contributed by atoms with Gasteiger partial charge in [0.05, 0.1) is 0 Å². The van der Waals surface area contributed by atoms with Crippen LogP contribution < -0.4 is 0 Å². The quantitative estimate of drug-likeness (QED) is 0.659. The Bertz CT molecular complexity index is 203. The minimum atomic E-state index is -0.658. The van der Waals surface area contributed by atoms with Crippen molar-refractivity contribution in [1.29, 1.82) is 0 Å². The summed E-state index contributed by atoms with van der Waals surface area (Å²) in [5, 5.41) is 0. The van der Waals surface area contributed by atoms with E-state index in [0.717, 1.165) is 12.8 Å². The smallest absolute Gasteiger partial charge is 0.404 e. The lowest BCUT2D eigenvalue weighted by Crippen LogP contribution is -2.34. The minimum Gasteiger partial charge on any atom is -0.450 e. The van der Waals surface area contributed by atoms with Crippen LogP contribution in [0.3, 0.4) is 0 Å². The van der Waals surface area contributed by atoms with Gasteiger partial charge in [-0.3, -0.25) is 0 Å². The molecule has 82 valence electrons. The maximum Gasteiger partial charge on any atom is 0.404 e. The first-order valence-electron chi connectivity index (χ1n) is 5.36. The number of hydrogen-bond donors (Lipinski definition) is 0. The van der Waals surface area contributed by atoms with E-state index in [1.165, 1.54) is 6.42 Å². The zero-order valence-corrected chi connectivity index (χ0v) is 9.88. The molecule has 3 atom stereocenters. The number of rotatable bonds is 2. The Morgan fingerprint density at radius 3 is 2.57 bits per heavy atom. The van der Waals surface area contributed by atoms with E-state index in [1.807, 2.05) is 0 Å². The number of carbonyl (C=O) groups excluding carboxylic acids is 1. The predicted octanol–water partition coefficient (Wildman–Crippen LogP) is 3.82. The summed E-state index contributed by atoms with van der Waals surface area (Å²) < 4.78 is 5.16. The van der Waals surface area contributed by atoms with Crippen molar-refractivity contribution in [3.05, 3.63) is 0 Å². The third-order valence-corrected chi connectivity index (χ3v) is 3.29. The predicted molar refractivity (Wildman–Crippen MR) is 57.5 cm³/mol. The maximum atomic E-state index is 10.7. The molecule has 0 saturated heterocycles. The van der Waals surface area contributed by atoms with E-state index in [4.69, 9.17) is 16.3 Å². The fourth-order valence-corrected chi connectivity index (χ4v) is 2.48. The number of ether oxygens (including phenoxy) is 1. The molecule has 0 bridgehead atoms. The molecule has 0 amide bonds. The second kappa shape index (κ2) is 5.01. The summed E-state index contributed by atoms with van der Waals surface area (Å²) >= 11 is 5.27. The fraction of sp³-hybridized carbons (Fsp3) is 0.909. The third kappa shape index (κ3) is 3.16. The summed E-state index contributed by atoms with van der Waals surface area (Å²) in [4.78, 5) is 10.7. The molecular weight excluding hydrogens is 200 g/mol. The molecule has 0 aromatic carbocycles. The van der Waals surface area contributed by atoms with Crippen molar-refractivity contribution in [2.24, 2.45) is 17.8 Å². The molecule has 3 heteroatoms. The first-order valence-corrected chi connectivity index (χ1v) is 5.74. The number of hydrogen-bond acceptors (Lipinski definition) is 2. The molecule has 1 aliphatic carbocycles. The Hall–Kier alpha value is -0.240. The van der Waals surface area contributed by atoms with Gasteiger partial charge in [-0.15, -0.1) is 0 Å². The molecule has 1 saturated carbocycles. The molecule has 0 radical (unpaired) electrons. The van der Waals surface area contributed by atoms with Crippen LogP contribution in [-0.2, 0) is 4.74 Å². The molecule has 14 heavy (non-hydrogen) atoms. The topological polar surface area (TPSA) is 26.3 Å².